The number of guanidine groups is 1. The van der Waals surface area contributed by atoms with E-state index < -0.39 is 11.7 Å². The highest BCUT2D eigenvalue weighted by atomic mass is 19.4. The Morgan fingerprint density at radius 1 is 1.19 bits per heavy atom. The maximum absolute atomic E-state index is 12.8. The standard InChI is InChI=1S/C17H21F3N6/c1-21-16(22-10-12-5-4-6-13(9-12)17(18,19)20)23-11-15-25-24-14-7-2-3-8-26(14)15/h4-6,9H,2-3,7-8,10-11H2,1H3,(H2,21,22,23). The van der Waals surface area contributed by atoms with Crippen LogP contribution in [0.2, 0.25) is 0 Å². The number of nitrogens with one attached hydrogen (secondary N) is 2. The number of benzene rings is 1. The van der Waals surface area contributed by atoms with Crippen LogP contribution < -0.4 is 10.6 Å². The van der Waals surface area contributed by atoms with E-state index in [9.17, 15) is 13.2 Å². The normalized spacial score (nSPS) is 14.8. The molecule has 2 N–H and O–H groups in total. The molecule has 3 rings (SSSR count). The first kappa shape index (κ1) is 18.2. The zero-order valence-corrected chi connectivity index (χ0v) is 14.5. The Kier molecular flexibility index (Phi) is 5.43. The Labute approximate surface area is 149 Å². The maximum Gasteiger partial charge on any atom is 0.416 e. The van der Waals surface area contributed by atoms with Crippen LogP contribution >= 0.6 is 0 Å². The van der Waals surface area contributed by atoms with Gasteiger partial charge in [-0.15, -0.1) is 10.2 Å². The fourth-order valence-corrected chi connectivity index (χ4v) is 2.93. The van der Waals surface area contributed by atoms with Gasteiger partial charge in [-0.3, -0.25) is 4.99 Å². The van der Waals surface area contributed by atoms with Gasteiger partial charge in [-0.1, -0.05) is 12.1 Å². The topological polar surface area (TPSA) is 67.1 Å². The first-order valence-electron chi connectivity index (χ1n) is 8.49. The summed E-state index contributed by atoms with van der Waals surface area (Å²) < 4.78 is 40.4. The third-order valence-electron chi connectivity index (χ3n) is 4.29. The molecule has 0 saturated carbocycles. The van der Waals surface area contributed by atoms with Crippen molar-refractivity contribution in [2.24, 2.45) is 4.99 Å². The molecule has 1 aliphatic rings. The van der Waals surface area contributed by atoms with E-state index in [4.69, 9.17) is 0 Å². The third kappa shape index (κ3) is 4.33. The zero-order valence-electron chi connectivity index (χ0n) is 14.5. The molecular formula is C17H21F3N6. The van der Waals surface area contributed by atoms with Crippen LogP contribution in [0, 0.1) is 0 Å². The Morgan fingerprint density at radius 3 is 2.77 bits per heavy atom. The Hall–Kier alpha value is -2.58. The van der Waals surface area contributed by atoms with Crippen LogP contribution in [0.25, 0.3) is 0 Å². The van der Waals surface area contributed by atoms with Crippen LogP contribution in [0.3, 0.4) is 0 Å². The fraction of sp³-hybridized carbons (Fsp3) is 0.471. The Morgan fingerprint density at radius 2 is 2.00 bits per heavy atom. The van der Waals surface area contributed by atoms with E-state index in [-0.39, 0.29) is 6.54 Å². The molecule has 0 unspecified atom stereocenters. The molecule has 2 aromatic rings. The largest absolute Gasteiger partial charge is 0.416 e. The highest BCUT2D eigenvalue weighted by Gasteiger charge is 2.30. The molecule has 0 bridgehead atoms. The molecule has 26 heavy (non-hydrogen) atoms. The molecule has 140 valence electrons. The number of rotatable bonds is 4. The zero-order chi connectivity index (χ0) is 18.6. The molecule has 0 amide bonds. The lowest BCUT2D eigenvalue weighted by molar-refractivity contribution is -0.137. The molecule has 1 aromatic carbocycles. The number of nitrogens with zero attached hydrogens (tertiary/aromatic N) is 4. The molecule has 6 nitrogen and oxygen atoms in total. The van der Waals surface area contributed by atoms with E-state index in [1.807, 2.05) is 0 Å². The molecule has 0 atom stereocenters. The van der Waals surface area contributed by atoms with E-state index in [0.717, 1.165) is 49.6 Å². The van der Waals surface area contributed by atoms with Gasteiger partial charge >= 0.3 is 6.18 Å². The van der Waals surface area contributed by atoms with Gasteiger partial charge in [0.1, 0.15) is 5.82 Å². The number of aliphatic imine (C=N–C) groups is 1. The van der Waals surface area contributed by atoms with E-state index in [1.54, 1.807) is 13.1 Å². The van der Waals surface area contributed by atoms with Crippen molar-refractivity contribution >= 4 is 5.96 Å². The Balaban J connectivity index is 1.56. The number of aryl methyl sites for hydroxylation is 1. The highest BCUT2D eigenvalue weighted by molar-refractivity contribution is 5.79. The quantitative estimate of drug-likeness (QED) is 0.645. The number of alkyl halides is 3. The van der Waals surface area contributed by atoms with Crippen LogP contribution in [0.1, 0.15) is 35.6 Å². The molecule has 0 fully saturated rings. The van der Waals surface area contributed by atoms with Gasteiger partial charge in [-0.25, -0.2) is 0 Å². The minimum atomic E-state index is -4.34. The Bertz CT molecular complexity index is 781. The monoisotopic (exact) mass is 366 g/mol. The first-order chi connectivity index (χ1) is 12.5. The summed E-state index contributed by atoms with van der Waals surface area (Å²) in [7, 11) is 1.61. The van der Waals surface area contributed by atoms with Crippen molar-refractivity contribution in [1.29, 1.82) is 0 Å². The van der Waals surface area contributed by atoms with Crippen molar-refractivity contribution in [3.8, 4) is 0 Å². The molecule has 1 aliphatic heterocycles. The van der Waals surface area contributed by atoms with Crippen molar-refractivity contribution in [2.75, 3.05) is 7.05 Å². The van der Waals surface area contributed by atoms with Crippen molar-refractivity contribution in [1.82, 2.24) is 25.4 Å². The van der Waals surface area contributed by atoms with Gasteiger partial charge in [0, 0.05) is 26.6 Å². The summed E-state index contributed by atoms with van der Waals surface area (Å²) in [5, 5.41) is 14.5. The predicted octanol–water partition coefficient (Wildman–Crippen LogP) is 2.50. The smallest absolute Gasteiger partial charge is 0.352 e. The third-order valence-corrected chi connectivity index (χ3v) is 4.29. The summed E-state index contributed by atoms with van der Waals surface area (Å²) in [5.74, 6) is 2.33. The minimum absolute atomic E-state index is 0.238. The lowest BCUT2D eigenvalue weighted by Gasteiger charge is -2.16. The van der Waals surface area contributed by atoms with Crippen molar-refractivity contribution in [3.05, 3.63) is 47.0 Å². The first-order valence-corrected chi connectivity index (χ1v) is 8.49. The molecule has 0 saturated heterocycles. The average molecular weight is 366 g/mol. The van der Waals surface area contributed by atoms with Crippen LogP contribution in [0.15, 0.2) is 29.3 Å². The number of fused-ring (bicyclic) bond motifs is 1. The van der Waals surface area contributed by atoms with Crippen LogP contribution in [0.4, 0.5) is 13.2 Å². The van der Waals surface area contributed by atoms with E-state index in [1.165, 1.54) is 6.07 Å². The van der Waals surface area contributed by atoms with Gasteiger partial charge in [0.15, 0.2) is 11.8 Å². The predicted molar refractivity (Wildman–Crippen MR) is 91.4 cm³/mol. The summed E-state index contributed by atoms with van der Waals surface area (Å²) in [5.41, 5.74) is -0.127. The second kappa shape index (κ2) is 7.76. The van der Waals surface area contributed by atoms with Crippen LogP contribution in [0.5, 0.6) is 0 Å². The second-order valence-corrected chi connectivity index (χ2v) is 6.12. The number of halogens is 3. The molecule has 1 aromatic heterocycles. The molecule has 0 aliphatic carbocycles. The van der Waals surface area contributed by atoms with Crippen LogP contribution in [-0.4, -0.2) is 27.8 Å². The maximum atomic E-state index is 12.8. The second-order valence-electron chi connectivity index (χ2n) is 6.12. The average Bonchev–Trinajstić information content (AvgIpc) is 3.05. The van der Waals surface area contributed by atoms with Gasteiger partial charge in [0.25, 0.3) is 0 Å². The van der Waals surface area contributed by atoms with Crippen molar-refractivity contribution < 1.29 is 13.2 Å². The lowest BCUT2D eigenvalue weighted by Crippen LogP contribution is -2.37. The molecular weight excluding hydrogens is 345 g/mol. The lowest BCUT2D eigenvalue weighted by atomic mass is 10.1. The molecule has 0 radical (unpaired) electrons. The van der Waals surface area contributed by atoms with Crippen molar-refractivity contribution in [3.63, 3.8) is 0 Å². The van der Waals surface area contributed by atoms with Gasteiger partial charge < -0.3 is 15.2 Å². The summed E-state index contributed by atoms with van der Waals surface area (Å²) in [4.78, 5) is 4.10. The summed E-state index contributed by atoms with van der Waals surface area (Å²) in [6.45, 7) is 1.60. The molecule has 2 heterocycles. The highest BCUT2D eigenvalue weighted by Crippen LogP contribution is 2.29. The van der Waals surface area contributed by atoms with Gasteiger partial charge in [0.05, 0.1) is 12.1 Å². The summed E-state index contributed by atoms with van der Waals surface area (Å²) in [6.07, 6.45) is -1.16. The fourth-order valence-electron chi connectivity index (χ4n) is 2.93. The number of hydrogen-bond donors (Lipinski definition) is 2. The van der Waals surface area contributed by atoms with E-state index >= 15 is 0 Å². The van der Waals surface area contributed by atoms with Crippen LogP contribution in [-0.2, 0) is 32.2 Å². The van der Waals surface area contributed by atoms with Gasteiger partial charge in [-0.2, -0.15) is 13.2 Å². The number of hydrogen-bond acceptors (Lipinski definition) is 3. The summed E-state index contributed by atoms with van der Waals surface area (Å²) in [6, 6.07) is 5.24. The molecule has 9 heteroatoms. The van der Waals surface area contributed by atoms with Crippen molar-refractivity contribution in [2.45, 2.75) is 45.1 Å². The molecule has 0 spiro atoms. The van der Waals surface area contributed by atoms with E-state index in [2.05, 4.69) is 30.4 Å². The van der Waals surface area contributed by atoms with Gasteiger partial charge in [0.2, 0.25) is 0 Å². The van der Waals surface area contributed by atoms with E-state index in [0.29, 0.717) is 18.1 Å². The SMILES string of the molecule is CN=C(NCc1cccc(C(F)(F)F)c1)NCc1nnc2n1CCCC2. The van der Waals surface area contributed by atoms with Gasteiger partial charge in [-0.05, 0) is 30.5 Å². The minimum Gasteiger partial charge on any atom is -0.352 e. The summed E-state index contributed by atoms with van der Waals surface area (Å²) >= 11 is 0. The number of aromatic nitrogens is 3.